The second kappa shape index (κ2) is 5.58. The zero-order valence-corrected chi connectivity index (χ0v) is 12.1. The van der Waals surface area contributed by atoms with Crippen LogP contribution in [0.5, 0.6) is 0 Å². The van der Waals surface area contributed by atoms with E-state index in [2.05, 4.69) is 19.9 Å². The molecule has 0 spiro atoms. The highest BCUT2D eigenvalue weighted by Crippen LogP contribution is 2.25. The first-order valence-corrected chi connectivity index (χ1v) is 7.39. The summed E-state index contributed by atoms with van der Waals surface area (Å²) >= 11 is 0. The molecule has 2 aromatic rings. The quantitative estimate of drug-likeness (QED) is 0.620. The van der Waals surface area contributed by atoms with Gasteiger partial charge in [0.05, 0.1) is 16.4 Å². The Hall–Kier alpha value is -2.33. The Morgan fingerprint density at radius 3 is 2.67 bits per heavy atom. The van der Waals surface area contributed by atoms with Gasteiger partial charge in [-0.15, -0.1) is 0 Å². The maximum atomic E-state index is 12.3. The van der Waals surface area contributed by atoms with E-state index in [1.165, 1.54) is 12.4 Å². The molecule has 0 atom stereocenters. The standard InChI is InChI=1S/C11H13N5O4S/c1-7-3-9(16(17)18)4-10(8(7)2)21(19,20)14-5-11-12-6-13-15-11/h3-4,6,14H,5H2,1-2H3,(H,12,13,15). The first kappa shape index (κ1) is 15.1. The molecule has 112 valence electrons. The number of nitro groups is 1. The first-order chi connectivity index (χ1) is 9.81. The molecule has 0 aliphatic carbocycles. The average Bonchev–Trinajstić information content (AvgIpc) is 2.92. The van der Waals surface area contributed by atoms with Crippen LogP contribution in [0.2, 0.25) is 0 Å². The van der Waals surface area contributed by atoms with Gasteiger partial charge >= 0.3 is 0 Å². The third kappa shape index (κ3) is 3.23. The summed E-state index contributed by atoms with van der Waals surface area (Å²) in [7, 11) is -3.89. The summed E-state index contributed by atoms with van der Waals surface area (Å²) in [4.78, 5) is 13.9. The second-order valence-electron chi connectivity index (χ2n) is 4.40. The smallest absolute Gasteiger partial charge is 0.262 e. The Labute approximate surface area is 120 Å². The van der Waals surface area contributed by atoms with Gasteiger partial charge in [-0.25, -0.2) is 18.1 Å². The number of hydrogen-bond donors (Lipinski definition) is 2. The maximum Gasteiger partial charge on any atom is 0.271 e. The summed E-state index contributed by atoms with van der Waals surface area (Å²) in [6.07, 6.45) is 1.26. The monoisotopic (exact) mass is 311 g/mol. The average molecular weight is 311 g/mol. The van der Waals surface area contributed by atoms with Gasteiger partial charge in [0, 0.05) is 12.1 Å². The highest BCUT2D eigenvalue weighted by molar-refractivity contribution is 7.89. The van der Waals surface area contributed by atoms with Crippen molar-refractivity contribution in [3.8, 4) is 0 Å². The minimum absolute atomic E-state index is 0.0798. The van der Waals surface area contributed by atoms with Crippen LogP contribution in [0.25, 0.3) is 0 Å². The lowest BCUT2D eigenvalue weighted by Crippen LogP contribution is -2.25. The molecule has 0 saturated heterocycles. The van der Waals surface area contributed by atoms with Crippen LogP contribution >= 0.6 is 0 Å². The van der Waals surface area contributed by atoms with Crippen molar-refractivity contribution in [2.75, 3.05) is 0 Å². The summed E-state index contributed by atoms with van der Waals surface area (Å²) in [5.41, 5.74) is 0.730. The molecule has 1 heterocycles. The van der Waals surface area contributed by atoms with E-state index in [-0.39, 0.29) is 17.1 Å². The van der Waals surface area contributed by atoms with Crippen LogP contribution in [0.3, 0.4) is 0 Å². The van der Waals surface area contributed by atoms with Crippen molar-refractivity contribution in [1.82, 2.24) is 19.9 Å². The van der Waals surface area contributed by atoms with Crippen molar-refractivity contribution < 1.29 is 13.3 Å². The number of aryl methyl sites for hydroxylation is 1. The van der Waals surface area contributed by atoms with Crippen LogP contribution < -0.4 is 4.72 Å². The first-order valence-electron chi connectivity index (χ1n) is 5.91. The highest BCUT2D eigenvalue weighted by atomic mass is 32.2. The molecule has 0 bridgehead atoms. The van der Waals surface area contributed by atoms with Crippen molar-refractivity contribution in [3.05, 3.63) is 45.5 Å². The minimum Gasteiger partial charge on any atom is -0.262 e. The molecule has 1 aromatic carbocycles. The van der Waals surface area contributed by atoms with Gasteiger partial charge in [-0.1, -0.05) is 0 Å². The summed E-state index contributed by atoms with van der Waals surface area (Å²) in [5.74, 6) is 0.346. The lowest BCUT2D eigenvalue weighted by Gasteiger charge is -2.10. The SMILES string of the molecule is Cc1cc([N+](=O)[O-])cc(S(=O)(=O)NCc2ncn[nH]2)c1C. The largest absolute Gasteiger partial charge is 0.271 e. The number of hydrogen-bond acceptors (Lipinski definition) is 6. The molecule has 10 heteroatoms. The molecule has 9 nitrogen and oxygen atoms in total. The lowest BCUT2D eigenvalue weighted by molar-refractivity contribution is -0.385. The fraction of sp³-hybridized carbons (Fsp3) is 0.273. The number of H-pyrrole nitrogens is 1. The van der Waals surface area contributed by atoms with E-state index in [1.807, 2.05) is 0 Å². The second-order valence-corrected chi connectivity index (χ2v) is 6.14. The predicted molar refractivity (Wildman–Crippen MR) is 73.0 cm³/mol. The zero-order chi connectivity index (χ0) is 15.6. The maximum absolute atomic E-state index is 12.3. The topological polar surface area (TPSA) is 131 Å². The van der Waals surface area contributed by atoms with Gasteiger partial charge < -0.3 is 0 Å². The third-order valence-electron chi connectivity index (χ3n) is 3.00. The third-order valence-corrected chi connectivity index (χ3v) is 4.53. The van der Waals surface area contributed by atoms with E-state index in [9.17, 15) is 18.5 Å². The van der Waals surface area contributed by atoms with Gasteiger partial charge in [-0.2, -0.15) is 5.10 Å². The van der Waals surface area contributed by atoms with Gasteiger partial charge in [0.15, 0.2) is 0 Å². The lowest BCUT2D eigenvalue weighted by atomic mass is 10.1. The van der Waals surface area contributed by atoms with Crippen molar-refractivity contribution in [2.45, 2.75) is 25.3 Å². The number of sulfonamides is 1. The van der Waals surface area contributed by atoms with E-state index in [0.717, 1.165) is 6.07 Å². The van der Waals surface area contributed by atoms with Crippen LogP contribution in [0, 0.1) is 24.0 Å². The Morgan fingerprint density at radius 1 is 1.38 bits per heavy atom. The summed E-state index contributed by atoms with van der Waals surface area (Å²) in [5, 5.41) is 17.0. The van der Waals surface area contributed by atoms with Gasteiger partial charge in [0.2, 0.25) is 10.0 Å². The van der Waals surface area contributed by atoms with Crippen molar-refractivity contribution in [3.63, 3.8) is 0 Å². The molecule has 0 amide bonds. The van der Waals surface area contributed by atoms with Gasteiger partial charge in [0.25, 0.3) is 5.69 Å². The summed E-state index contributed by atoms with van der Waals surface area (Å²) in [6, 6.07) is 2.38. The van der Waals surface area contributed by atoms with Gasteiger partial charge in [-0.05, 0) is 25.0 Å². The minimum atomic E-state index is -3.89. The molecule has 0 radical (unpaired) electrons. The van der Waals surface area contributed by atoms with Crippen LogP contribution in [0.1, 0.15) is 17.0 Å². The van der Waals surface area contributed by atoms with Crippen LogP contribution in [0.15, 0.2) is 23.4 Å². The summed E-state index contributed by atoms with van der Waals surface area (Å²) < 4.78 is 26.9. The number of nitrogens with one attached hydrogen (secondary N) is 2. The van der Waals surface area contributed by atoms with E-state index in [0.29, 0.717) is 17.0 Å². The number of aromatic amines is 1. The van der Waals surface area contributed by atoms with Crippen molar-refractivity contribution >= 4 is 15.7 Å². The number of nitrogens with zero attached hydrogens (tertiary/aromatic N) is 3. The molecule has 0 aliphatic rings. The van der Waals surface area contributed by atoms with E-state index in [4.69, 9.17) is 0 Å². The van der Waals surface area contributed by atoms with Crippen molar-refractivity contribution in [1.29, 1.82) is 0 Å². The van der Waals surface area contributed by atoms with Crippen LogP contribution in [0.4, 0.5) is 5.69 Å². The number of benzene rings is 1. The molecule has 1 aromatic heterocycles. The molecule has 2 rings (SSSR count). The Morgan fingerprint density at radius 2 is 2.10 bits per heavy atom. The van der Waals surface area contributed by atoms with E-state index in [1.54, 1.807) is 13.8 Å². The van der Waals surface area contributed by atoms with E-state index < -0.39 is 14.9 Å². The molecule has 0 fully saturated rings. The van der Waals surface area contributed by atoms with Gasteiger partial charge in [-0.3, -0.25) is 15.2 Å². The van der Waals surface area contributed by atoms with Crippen LogP contribution in [-0.4, -0.2) is 28.5 Å². The Balaban J connectivity index is 2.37. The number of rotatable bonds is 5. The fourth-order valence-electron chi connectivity index (χ4n) is 1.75. The molecule has 0 unspecified atom stereocenters. The van der Waals surface area contributed by atoms with Crippen LogP contribution in [-0.2, 0) is 16.6 Å². The Bertz CT molecular complexity index is 770. The number of non-ortho nitro benzene ring substituents is 1. The summed E-state index contributed by atoms with van der Waals surface area (Å²) in [6.45, 7) is 3.14. The highest BCUT2D eigenvalue weighted by Gasteiger charge is 2.22. The molecule has 21 heavy (non-hydrogen) atoms. The normalized spacial score (nSPS) is 11.5. The number of aromatic nitrogens is 3. The zero-order valence-electron chi connectivity index (χ0n) is 11.3. The van der Waals surface area contributed by atoms with Gasteiger partial charge in [0.1, 0.15) is 12.2 Å². The fourth-order valence-corrected chi connectivity index (χ4v) is 3.07. The van der Waals surface area contributed by atoms with Crippen molar-refractivity contribution in [2.24, 2.45) is 0 Å². The molecule has 0 saturated carbocycles. The predicted octanol–water partition coefficient (Wildman–Crippen LogP) is 0.808. The molecule has 2 N–H and O–H groups in total. The van der Waals surface area contributed by atoms with E-state index >= 15 is 0 Å². The molecular weight excluding hydrogens is 298 g/mol. The molecule has 0 aliphatic heterocycles. The number of nitro benzene ring substituents is 1. The molecular formula is C11H13N5O4S. The Kier molecular flexibility index (Phi) is 4.00.